The smallest absolute Gasteiger partial charge is 0.140 e. The monoisotopic (exact) mass is 353 g/mol. The molecule has 0 saturated heterocycles. The van der Waals surface area contributed by atoms with Gasteiger partial charge in [-0.3, -0.25) is 0 Å². The van der Waals surface area contributed by atoms with E-state index in [-0.39, 0.29) is 4.70 Å². The first-order chi connectivity index (χ1) is 11.8. The molecule has 0 bridgehead atoms. The molecule has 0 heterocycles. The fraction of sp³-hybridized carbons (Fsp3) is 0.217. The summed E-state index contributed by atoms with van der Waals surface area (Å²) in [6.07, 6.45) is 0. The number of benzene rings is 3. The zero-order valence-corrected chi connectivity index (χ0v) is 15.9. The highest BCUT2D eigenvalue weighted by Gasteiger charge is 2.33. The largest absolute Gasteiger partial charge is 1.00 e. The Balaban J connectivity index is 0.000000501. The van der Waals surface area contributed by atoms with E-state index in [9.17, 15) is 5.11 Å². The lowest BCUT2D eigenvalue weighted by Gasteiger charge is -2.30. The summed E-state index contributed by atoms with van der Waals surface area (Å²) in [7, 11) is 8.50. The lowest BCUT2D eigenvalue weighted by atomic mass is 9.80. The molecule has 1 N–H and O–H groups in total. The van der Waals surface area contributed by atoms with Gasteiger partial charge in [-0.1, -0.05) is 91.0 Å². The van der Waals surface area contributed by atoms with Crippen LogP contribution in [0.4, 0.5) is 0 Å². The average Bonchev–Trinajstić information content (AvgIpc) is 2.62. The number of quaternary nitrogens is 1. The van der Waals surface area contributed by atoms with Gasteiger partial charge in [-0.2, -0.15) is 0 Å². The molecule has 3 rings (SSSR count). The standard InChI is InChI=1S/C19H16O.C4H12N.FH/c20-19(16-10-4-1-5-11-16,17-12-6-2-7-13-17)18-14-8-3-9-15-18;1-5(2,3)4;/h1-15,20H;1-4H3;1H/q;+1;/p-1. The predicted octanol–water partition coefficient (Wildman–Crippen LogP) is 1.30. The van der Waals surface area contributed by atoms with E-state index < -0.39 is 5.60 Å². The number of nitrogens with zero attached hydrogens (tertiary/aromatic N) is 1. The Labute approximate surface area is 156 Å². The second-order valence-electron chi connectivity index (χ2n) is 7.49. The molecule has 0 unspecified atom stereocenters. The third-order valence-electron chi connectivity index (χ3n) is 3.57. The van der Waals surface area contributed by atoms with E-state index in [4.69, 9.17) is 0 Å². The van der Waals surface area contributed by atoms with Gasteiger partial charge in [-0.25, -0.2) is 0 Å². The van der Waals surface area contributed by atoms with Crippen molar-refractivity contribution >= 4 is 0 Å². The SMILES string of the molecule is C[N+](C)(C)C.OC(c1ccccc1)(c1ccccc1)c1ccccc1.[F-]. The van der Waals surface area contributed by atoms with Gasteiger partial charge in [0.05, 0.1) is 28.2 Å². The van der Waals surface area contributed by atoms with Crippen molar-refractivity contribution in [1.82, 2.24) is 0 Å². The molecule has 138 valence electrons. The summed E-state index contributed by atoms with van der Waals surface area (Å²) >= 11 is 0. The van der Waals surface area contributed by atoms with Crippen molar-refractivity contribution < 1.29 is 14.3 Å². The summed E-state index contributed by atoms with van der Waals surface area (Å²) in [6, 6.07) is 29.3. The lowest BCUT2D eigenvalue weighted by Crippen LogP contribution is -3.00. The normalized spacial score (nSPS) is 11.0. The van der Waals surface area contributed by atoms with Crippen molar-refractivity contribution in [2.75, 3.05) is 28.2 Å². The summed E-state index contributed by atoms with van der Waals surface area (Å²) in [5.74, 6) is 0. The van der Waals surface area contributed by atoms with E-state index in [1.807, 2.05) is 91.0 Å². The molecular formula is C23H28FNO. The summed E-state index contributed by atoms with van der Waals surface area (Å²) in [5, 5.41) is 11.4. The Hall–Kier alpha value is -2.49. The molecule has 0 aliphatic carbocycles. The van der Waals surface area contributed by atoms with Crippen LogP contribution in [-0.2, 0) is 5.60 Å². The Morgan fingerprint density at radius 2 is 0.731 bits per heavy atom. The molecule has 0 fully saturated rings. The minimum absolute atomic E-state index is 0. The first-order valence-corrected chi connectivity index (χ1v) is 8.49. The molecule has 0 atom stereocenters. The van der Waals surface area contributed by atoms with Crippen LogP contribution in [-0.4, -0.2) is 37.8 Å². The minimum atomic E-state index is -1.12. The maximum absolute atomic E-state index is 11.4. The molecule has 2 nitrogen and oxygen atoms in total. The fourth-order valence-electron chi connectivity index (χ4n) is 2.54. The van der Waals surface area contributed by atoms with E-state index in [0.29, 0.717) is 0 Å². The molecule has 3 heteroatoms. The van der Waals surface area contributed by atoms with Crippen LogP contribution in [0.5, 0.6) is 0 Å². The van der Waals surface area contributed by atoms with Crippen molar-refractivity contribution in [3.8, 4) is 0 Å². The van der Waals surface area contributed by atoms with E-state index >= 15 is 0 Å². The van der Waals surface area contributed by atoms with Crippen molar-refractivity contribution in [2.24, 2.45) is 0 Å². The van der Waals surface area contributed by atoms with Crippen molar-refractivity contribution in [2.45, 2.75) is 5.60 Å². The number of hydrogen-bond donors (Lipinski definition) is 1. The van der Waals surface area contributed by atoms with Crippen LogP contribution >= 0.6 is 0 Å². The quantitative estimate of drug-likeness (QED) is 0.556. The van der Waals surface area contributed by atoms with Crippen LogP contribution in [0.1, 0.15) is 16.7 Å². The number of halogens is 1. The molecule has 0 saturated carbocycles. The number of aliphatic hydroxyl groups is 1. The molecule has 3 aromatic carbocycles. The highest BCUT2D eigenvalue weighted by atomic mass is 19.0. The molecule has 0 spiro atoms. The van der Waals surface area contributed by atoms with Crippen molar-refractivity contribution in [3.63, 3.8) is 0 Å². The molecule has 0 aliphatic rings. The lowest BCUT2D eigenvalue weighted by molar-refractivity contribution is -0.849. The minimum Gasteiger partial charge on any atom is -1.00 e. The Kier molecular flexibility index (Phi) is 7.69. The summed E-state index contributed by atoms with van der Waals surface area (Å²) in [5.41, 5.74) is 1.50. The Morgan fingerprint density at radius 3 is 0.923 bits per heavy atom. The first-order valence-electron chi connectivity index (χ1n) is 8.49. The first kappa shape index (κ1) is 21.6. The number of rotatable bonds is 3. The van der Waals surface area contributed by atoms with Gasteiger partial charge in [0.25, 0.3) is 0 Å². The van der Waals surface area contributed by atoms with Gasteiger partial charge in [0.2, 0.25) is 0 Å². The third kappa shape index (κ3) is 5.80. The maximum Gasteiger partial charge on any atom is 0.140 e. The van der Waals surface area contributed by atoms with Gasteiger partial charge in [-0.05, 0) is 16.7 Å². The van der Waals surface area contributed by atoms with E-state index in [2.05, 4.69) is 28.2 Å². The summed E-state index contributed by atoms with van der Waals surface area (Å²) in [4.78, 5) is 0. The zero-order chi connectivity index (χ0) is 18.3. The predicted molar refractivity (Wildman–Crippen MR) is 105 cm³/mol. The van der Waals surface area contributed by atoms with Gasteiger partial charge >= 0.3 is 0 Å². The van der Waals surface area contributed by atoms with E-state index in [1.54, 1.807) is 0 Å². The van der Waals surface area contributed by atoms with Crippen molar-refractivity contribution in [1.29, 1.82) is 0 Å². The Bertz CT molecular complexity index is 650. The van der Waals surface area contributed by atoms with Crippen LogP contribution in [0.2, 0.25) is 0 Å². The van der Waals surface area contributed by atoms with Crippen LogP contribution in [0.3, 0.4) is 0 Å². The zero-order valence-electron chi connectivity index (χ0n) is 15.9. The molecule has 0 amide bonds. The molecule has 0 radical (unpaired) electrons. The molecule has 0 aromatic heterocycles. The topological polar surface area (TPSA) is 20.2 Å². The van der Waals surface area contributed by atoms with E-state index in [1.165, 1.54) is 0 Å². The summed E-state index contributed by atoms with van der Waals surface area (Å²) in [6.45, 7) is 0. The highest BCUT2D eigenvalue weighted by molar-refractivity contribution is 5.46. The average molecular weight is 353 g/mol. The third-order valence-corrected chi connectivity index (χ3v) is 3.57. The second kappa shape index (κ2) is 9.27. The highest BCUT2D eigenvalue weighted by Crippen LogP contribution is 2.36. The second-order valence-corrected chi connectivity index (χ2v) is 7.49. The van der Waals surface area contributed by atoms with Crippen LogP contribution in [0.15, 0.2) is 91.0 Å². The van der Waals surface area contributed by atoms with Gasteiger partial charge in [0, 0.05) is 0 Å². The van der Waals surface area contributed by atoms with E-state index in [0.717, 1.165) is 21.2 Å². The van der Waals surface area contributed by atoms with Gasteiger partial charge in [0.1, 0.15) is 5.60 Å². The van der Waals surface area contributed by atoms with Gasteiger partial charge < -0.3 is 14.3 Å². The fourth-order valence-corrected chi connectivity index (χ4v) is 2.54. The van der Waals surface area contributed by atoms with Crippen molar-refractivity contribution in [3.05, 3.63) is 108 Å². The van der Waals surface area contributed by atoms with Crippen LogP contribution in [0.25, 0.3) is 0 Å². The maximum atomic E-state index is 11.4. The summed E-state index contributed by atoms with van der Waals surface area (Å²) < 4.78 is 1.00. The number of hydrogen-bond acceptors (Lipinski definition) is 1. The van der Waals surface area contributed by atoms with Crippen LogP contribution in [0, 0.1) is 0 Å². The van der Waals surface area contributed by atoms with Gasteiger partial charge in [-0.15, -0.1) is 0 Å². The molecular weight excluding hydrogens is 325 g/mol. The van der Waals surface area contributed by atoms with Crippen LogP contribution < -0.4 is 4.70 Å². The Morgan fingerprint density at radius 1 is 0.538 bits per heavy atom. The molecule has 0 aliphatic heterocycles. The molecule has 26 heavy (non-hydrogen) atoms. The van der Waals surface area contributed by atoms with Gasteiger partial charge in [0.15, 0.2) is 0 Å². The molecule has 3 aromatic rings.